The Hall–Kier alpha value is -1.89. The molecule has 2 aliphatic rings. The Kier molecular flexibility index (Phi) is 5.13. The lowest BCUT2D eigenvalue weighted by atomic mass is 9.54. The van der Waals surface area contributed by atoms with Gasteiger partial charge in [0.2, 0.25) is 5.91 Å². The third-order valence-corrected chi connectivity index (χ3v) is 5.96. The molecular weight excluding hydrogens is 322 g/mol. The van der Waals surface area contributed by atoms with E-state index in [4.69, 9.17) is 4.74 Å². The molecule has 2 aliphatic carbocycles. The van der Waals surface area contributed by atoms with Crippen molar-refractivity contribution >= 4 is 5.91 Å². The molecule has 1 amide bonds. The predicted molar refractivity (Wildman–Crippen MR) is 93.4 cm³/mol. The minimum atomic E-state index is -0.553. The maximum atomic E-state index is 12.7. The number of hydrogen-bond acceptors (Lipinski definition) is 4. The standard InChI is InChI=1S/C18H27N3O4/c1-3-25-14-11-13(18(14)8-5-4-6-9-18)20(2)16(23)12-21-10-7-15(22)19-17(21)24/h7,10,13-14H,3-6,8-9,11-12H2,1-2H3,(H,19,22,24). The molecule has 2 saturated carbocycles. The van der Waals surface area contributed by atoms with Crippen LogP contribution in [0.1, 0.15) is 45.4 Å². The fourth-order valence-electron chi connectivity index (χ4n) is 4.57. The van der Waals surface area contributed by atoms with E-state index >= 15 is 0 Å². The molecule has 0 bridgehead atoms. The average Bonchev–Trinajstić information content (AvgIpc) is 2.60. The lowest BCUT2D eigenvalue weighted by Crippen LogP contribution is -2.66. The van der Waals surface area contributed by atoms with Crippen molar-refractivity contribution < 1.29 is 9.53 Å². The molecule has 2 fully saturated rings. The Bertz CT molecular complexity index is 732. The molecule has 1 aromatic heterocycles. The number of H-pyrrole nitrogens is 1. The van der Waals surface area contributed by atoms with Gasteiger partial charge in [-0.05, 0) is 26.2 Å². The maximum Gasteiger partial charge on any atom is 0.328 e. The summed E-state index contributed by atoms with van der Waals surface area (Å²) < 4.78 is 7.19. The van der Waals surface area contributed by atoms with E-state index < -0.39 is 11.2 Å². The van der Waals surface area contributed by atoms with Crippen LogP contribution in [0, 0.1) is 5.41 Å². The van der Waals surface area contributed by atoms with Gasteiger partial charge in [0.15, 0.2) is 0 Å². The van der Waals surface area contributed by atoms with Crippen LogP contribution < -0.4 is 11.2 Å². The molecule has 0 aromatic carbocycles. The lowest BCUT2D eigenvalue weighted by Gasteiger charge is -2.60. The number of carbonyl (C=O) groups excluding carboxylic acids is 1. The van der Waals surface area contributed by atoms with Crippen molar-refractivity contribution in [1.82, 2.24) is 14.5 Å². The van der Waals surface area contributed by atoms with Gasteiger partial charge in [-0.3, -0.25) is 19.1 Å². The second-order valence-electron chi connectivity index (χ2n) is 7.23. The van der Waals surface area contributed by atoms with Gasteiger partial charge in [-0.1, -0.05) is 19.3 Å². The van der Waals surface area contributed by atoms with Gasteiger partial charge in [-0.25, -0.2) is 4.79 Å². The molecule has 0 saturated heterocycles. The normalized spacial score (nSPS) is 24.7. The van der Waals surface area contributed by atoms with Crippen LogP contribution in [0.2, 0.25) is 0 Å². The second kappa shape index (κ2) is 7.15. The zero-order chi connectivity index (χ0) is 18.0. The first kappa shape index (κ1) is 17.9. The number of rotatable bonds is 5. The molecule has 1 heterocycles. The van der Waals surface area contributed by atoms with E-state index in [9.17, 15) is 14.4 Å². The Morgan fingerprint density at radius 1 is 1.36 bits per heavy atom. The van der Waals surface area contributed by atoms with Gasteiger partial charge in [0.25, 0.3) is 5.56 Å². The Labute approximate surface area is 147 Å². The molecule has 1 N–H and O–H groups in total. The third kappa shape index (κ3) is 3.29. The molecule has 2 atom stereocenters. The molecule has 25 heavy (non-hydrogen) atoms. The number of ether oxygens (including phenoxy) is 1. The molecule has 1 aromatic rings. The van der Waals surface area contributed by atoms with Gasteiger partial charge in [0, 0.05) is 37.4 Å². The van der Waals surface area contributed by atoms with Gasteiger partial charge in [0.05, 0.1) is 6.10 Å². The van der Waals surface area contributed by atoms with Crippen LogP contribution in [-0.2, 0) is 16.1 Å². The summed E-state index contributed by atoms with van der Waals surface area (Å²) in [5.41, 5.74) is -0.946. The topological polar surface area (TPSA) is 84.4 Å². The summed E-state index contributed by atoms with van der Waals surface area (Å²) in [4.78, 5) is 39.6. The highest BCUT2D eigenvalue weighted by atomic mass is 16.5. The first-order chi connectivity index (χ1) is 12.0. The summed E-state index contributed by atoms with van der Waals surface area (Å²) in [5, 5.41) is 0. The Morgan fingerprint density at radius 3 is 2.72 bits per heavy atom. The number of likely N-dealkylation sites (N-methyl/N-ethyl adjacent to an activating group) is 1. The maximum absolute atomic E-state index is 12.7. The number of aromatic nitrogens is 2. The second-order valence-corrected chi connectivity index (χ2v) is 7.23. The van der Waals surface area contributed by atoms with E-state index in [0.29, 0.717) is 6.61 Å². The molecule has 0 aliphatic heterocycles. The van der Waals surface area contributed by atoms with Crippen molar-refractivity contribution in [2.45, 2.75) is 64.1 Å². The number of carbonyl (C=O) groups is 1. The van der Waals surface area contributed by atoms with Crippen molar-refractivity contribution in [3.05, 3.63) is 33.1 Å². The summed E-state index contributed by atoms with van der Waals surface area (Å²) in [7, 11) is 1.82. The highest BCUT2D eigenvalue weighted by Crippen LogP contribution is 2.55. The number of nitrogens with zero attached hydrogens (tertiary/aromatic N) is 2. The van der Waals surface area contributed by atoms with Crippen LogP contribution in [-0.4, -0.2) is 46.2 Å². The van der Waals surface area contributed by atoms with Crippen LogP contribution in [0.3, 0.4) is 0 Å². The molecule has 1 spiro atoms. The highest BCUT2D eigenvalue weighted by Gasteiger charge is 2.57. The fraction of sp³-hybridized carbons (Fsp3) is 0.722. The van der Waals surface area contributed by atoms with Gasteiger partial charge in [-0.2, -0.15) is 0 Å². The van der Waals surface area contributed by atoms with E-state index in [0.717, 1.165) is 19.3 Å². The number of nitrogens with one attached hydrogen (secondary N) is 1. The van der Waals surface area contributed by atoms with E-state index in [1.54, 1.807) is 4.90 Å². The van der Waals surface area contributed by atoms with E-state index in [2.05, 4.69) is 4.98 Å². The summed E-state index contributed by atoms with van der Waals surface area (Å²) in [6.45, 7) is 2.66. The van der Waals surface area contributed by atoms with Crippen molar-refractivity contribution in [2.24, 2.45) is 5.41 Å². The van der Waals surface area contributed by atoms with Gasteiger partial charge < -0.3 is 9.64 Å². The third-order valence-electron chi connectivity index (χ3n) is 5.96. The minimum Gasteiger partial charge on any atom is -0.378 e. The molecule has 0 radical (unpaired) electrons. The molecular formula is C18H27N3O4. The number of amides is 1. The predicted octanol–water partition coefficient (Wildman–Crippen LogP) is 1.12. The summed E-state index contributed by atoms with van der Waals surface area (Å²) in [5.74, 6) is -0.112. The summed E-state index contributed by atoms with van der Waals surface area (Å²) >= 11 is 0. The fourth-order valence-corrected chi connectivity index (χ4v) is 4.57. The van der Waals surface area contributed by atoms with E-state index in [-0.39, 0.29) is 30.0 Å². The SMILES string of the molecule is CCOC1CC(N(C)C(=O)Cn2ccc(=O)[nH]c2=O)C12CCCCC2. The van der Waals surface area contributed by atoms with Gasteiger partial charge in [-0.15, -0.1) is 0 Å². The van der Waals surface area contributed by atoms with Gasteiger partial charge >= 0.3 is 5.69 Å². The van der Waals surface area contributed by atoms with Crippen LogP contribution in [0.5, 0.6) is 0 Å². The Morgan fingerprint density at radius 2 is 2.08 bits per heavy atom. The van der Waals surface area contributed by atoms with E-state index in [1.807, 2.05) is 14.0 Å². The average molecular weight is 349 g/mol. The molecule has 2 unspecified atom stereocenters. The van der Waals surface area contributed by atoms with Crippen LogP contribution in [0.25, 0.3) is 0 Å². The monoisotopic (exact) mass is 349 g/mol. The minimum absolute atomic E-state index is 0.0575. The highest BCUT2D eigenvalue weighted by molar-refractivity contribution is 5.76. The molecule has 3 rings (SSSR count). The van der Waals surface area contributed by atoms with Gasteiger partial charge in [0.1, 0.15) is 6.54 Å². The number of hydrogen-bond donors (Lipinski definition) is 1. The molecule has 7 nitrogen and oxygen atoms in total. The zero-order valence-electron chi connectivity index (χ0n) is 15.0. The van der Waals surface area contributed by atoms with Crippen molar-refractivity contribution in [3.63, 3.8) is 0 Å². The summed E-state index contributed by atoms with van der Waals surface area (Å²) in [6, 6.07) is 1.42. The first-order valence-electron chi connectivity index (χ1n) is 9.15. The number of aromatic amines is 1. The van der Waals surface area contributed by atoms with Crippen LogP contribution >= 0.6 is 0 Å². The largest absolute Gasteiger partial charge is 0.378 e. The van der Waals surface area contributed by atoms with Crippen molar-refractivity contribution in [3.8, 4) is 0 Å². The zero-order valence-corrected chi connectivity index (χ0v) is 15.0. The van der Waals surface area contributed by atoms with Crippen LogP contribution in [0.4, 0.5) is 0 Å². The summed E-state index contributed by atoms with van der Waals surface area (Å²) in [6.07, 6.45) is 8.26. The van der Waals surface area contributed by atoms with E-state index in [1.165, 1.54) is 36.1 Å². The first-order valence-corrected chi connectivity index (χ1v) is 9.15. The quantitative estimate of drug-likeness (QED) is 0.863. The van der Waals surface area contributed by atoms with Crippen molar-refractivity contribution in [2.75, 3.05) is 13.7 Å². The van der Waals surface area contributed by atoms with Crippen LogP contribution in [0.15, 0.2) is 21.9 Å². The van der Waals surface area contributed by atoms with Crippen molar-refractivity contribution in [1.29, 1.82) is 0 Å². The Balaban J connectivity index is 1.73. The lowest BCUT2D eigenvalue weighted by molar-refractivity contribution is -0.185. The smallest absolute Gasteiger partial charge is 0.328 e. The molecule has 138 valence electrons. The molecule has 7 heteroatoms.